The second-order valence-corrected chi connectivity index (χ2v) is 5.60. The van der Waals surface area contributed by atoms with Crippen molar-refractivity contribution in [1.82, 2.24) is 9.55 Å². The molecule has 2 aromatic carbocycles. The Morgan fingerprint density at radius 2 is 1.79 bits per heavy atom. The van der Waals surface area contributed by atoms with Crippen LogP contribution in [0.15, 0.2) is 71.8 Å². The maximum atomic E-state index is 12.2. The number of benzene rings is 2. The molecule has 120 valence electrons. The molecule has 1 aromatic heterocycles. The van der Waals surface area contributed by atoms with Crippen LogP contribution in [-0.2, 0) is 11.3 Å². The average Bonchev–Trinajstić information content (AvgIpc) is 2.59. The fourth-order valence-electron chi connectivity index (χ4n) is 2.20. The van der Waals surface area contributed by atoms with Crippen molar-refractivity contribution in [1.29, 1.82) is 0 Å². The average molecular weight is 340 g/mol. The van der Waals surface area contributed by atoms with E-state index in [1.165, 1.54) is 17.0 Å². The quantitative estimate of drug-likeness (QED) is 0.794. The van der Waals surface area contributed by atoms with E-state index in [2.05, 4.69) is 10.3 Å². The fraction of sp³-hybridized carbons (Fsp3) is 0.0556. The van der Waals surface area contributed by atoms with E-state index in [1.807, 2.05) is 30.3 Å². The Morgan fingerprint density at radius 1 is 1.08 bits per heavy atom. The molecule has 0 fully saturated rings. The molecule has 5 nitrogen and oxygen atoms in total. The van der Waals surface area contributed by atoms with Crippen LogP contribution in [0, 0.1) is 0 Å². The summed E-state index contributed by atoms with van der Waals surface area (Å²) in [7, 11) is 0. The molecule has 0 saturated carbocycles. The summed E-state index contributed by atoms with van der Waals surface area (Å²) in [6.45, 7) is -0.108. The molecule has 0 atom stereocenters. The van der Waals surface area contributed by atoms with E-state index in [-0.39, 0.29) is 18.0 Å². The van der Waals surface area contributed by atoms with E-state index < -0.39 is 0 Å². The molecule has 1 N–H and O–H groups in total. The highest BCUT2D eigenvalue weighted by atomic mass is 35.5. The summed E-state index contributed by atoms with van der Waals surface area (Å²) in [5.74, 6) is -0.311. The number of nitrogens with zero attached hydrogens (tertiary/aromatic N) is 2. The molecule has 0 aliphatic carbocycles. The predicted octanol–water partition coefficient (Wildman–Crippen LogP) is 3.20. The van der Waals surface area contributed by atoms with Crippen LogP contribution in [-0.4, -0.2) is 15.5 Å². The zero-order valence-electron chi connectivity index (χ0n) is 12.6. The van der Waals surface area contributed by atoms with Gasteiger partial charge >= 0.3 is 0 Å². The summed E-state index contributed by atoms with van der Waals surface area (Å²) in [5.41, 5.74) is 1.77. The lowest BCUT2D eigenvalue weighted by molar-refractivity contribution is -0.116. The summed E-state index contributed by atoms with van der Waals surface area (Å²) >= 11 is 5.80. The van der Waals surface area contributed by atoms with Crippen molar-refractivity contribution < 1.29 is 4.79 Å². The van der Waals surface area contributed by atoms with Gasteiger partial charge in [-0.1, -0.05) is 41.9 Å². The first kappa shape index (κ1) is 16.0. The normalized spacial score (nSPS) is 10.4. The Kier molecular flexibility index (Phi) is 4.72. The lowest BCUT2D eigenvalue weighted by Crippen LogP contribution is -2.27. The van der Waals surface area contributed by atoms with Crippen LogP contribution >= 0.6 is 11.6 Å². The van der Waals surface area contributed by atoms with Crippen molar-refractivity contribution >= 4 is 23.2 Å². The largest absolute Gasteiger partial charge is 0.325 e. The van der Waals surface area contributed by atoms with Crippen LogP contribution in [0.1, 0.15) is 0 Å². The van der Waals surface area contributed by atoms with Gasteiger partial charge in [0.25, 0.3) is 5.56 Å². The van der Waals surface area contributed by atoms with Gasteiger partial charge in [-0.05, 0) is 24.3 Å². The predicted molar refractivity (Wildman–Crippen MR) is 94.0 cm³/mol. The van der Waals surface area contributed by atoms with E-state index in [1.54, 1.807) is 24.3 Å². The molecule has 24 heavy (non-hydrogen) atoms. The molecule has 0 aliphatic rings. The Bertz CT molecular complexity index is 906. The monoisotopic (exact) mass is 339 g/mol. The van der Waals surface area contributed by atoms with Crippen LogP contribution in [0.3, 0.4) is 0 Å². The SMILES string of the molecule is O=C(Cn1cnc(-c2ccccc2)cc1=O)Nc1ccc(Cl)cc1. The third-order valence-electron chi connectivity index (χ3n) is 3.39. The maximum absolute atomic E-state index is 12.2. The van der Waals surface area contributed by atoms with Crippen molar-refractivity contribution in [3.05, 3.63) is 82.4 Å². The number of anilines is 1. The third kappa shape index (κ3) is 3.88. The van der Waals surface area contributed by atoms with Crippen molar-refractivity contribution in [3.8, 4) is 11.3 Å². The number of hydrogen-bond donors (Lipinski definition) is 1. The molecule has 0 spiro atoms. The lowest BCUT2D eigenvalue weighted by atomic mass is 10.1. The third-order valence-corrected chi connectivity index (χ3v) is 3.64. The Balaban J connectivity index is 1.72. The summed E-state index contributed by atoms with van der Waals surface area (Å²) in [4.78, 5) is 28.5. The highest BCUT2D eigenvalue weighted by molar-refractivity contribution is 6.30. The molecule has 6 heteroatoms. The summed E-state index contributed by atoms with van der Waals surface area (Å²) in [5, 5.41) is 3.29. The van der Waals surface area contributed by atoms with E-state index in [0.717, 1.165) is 5.56 Å². The molecule has 1 amide bonds. The zero-order valence-corrected chi connectivity index (χ0v) is 13.4. The lowest BCUT2D eigenvalue weighted by Gasteiger charge is -2.08. The van der Waals surface area contributed by atoms with E-state index >= 15 is 0 Å². The molecule has 0 aliphatic heterocycles. The van der Waals surface area contributed by atoms with Crippen molar-refractivity contribution in [2.75, 3.05) is 5.32 Å². The van der Waals surface area contributed by atoms with E-state index in [4.69, 9.17) is 11.6 Å². The van der Waals surface area contributed by atoms with Gasteiger partial charge in [0.05, 0.1) is 12.0 Å². The second-order valence-electron chi connectivity index (χ2n) is 5.16. The van der Waals surface area contributed by atoms with Crippen LogP contribution < -0.4 is 10.9 Å². The molecule has 3 rings (SSSR count). The minimum Gasteiger partial charge on any atom is -0.325 e. The fourth-order valence-corrected chi connectivity index (χ4v) is 2.33. The highest BCUT2D eigenvalue weighted by Gasteiger charge is 2.07. The minimum atomic E-state index is -0.311. The molecular weight excluding hydrogens is 326 g/mol. The summed E-state index contributed by atoms with van der Waals surface area (Å²) in [6.07, 6.45) is 1.38. The number of aromatic nitrogens is 2. The van der Waals surface area contributed by atoms with Gasteiger partial charge in [-0.25, -0.2) is 4.98 Å². The second kappa shape index (κ2) is 7.10. The van der Waals surface area contributed by atoms with Crippen molar-refractivity contribution in [3.63, 3.8) is 0 Å². The first-order valence-corrected chi connectivity index (χ1v) is 7.67. The summed E-state index contributed by atoms with van der Waals surface area (Å²) in [6, 6.07) is 17.6. The van der Waals surface area contributed by atoms with Gasteiger partial charge in [0, 0.05) is 22.3 Å². The summed E-state index contributed by atoms with van der Waals surface area (Å²) < 4.78 is 1.26. The number of amides is 1. The van der Waals surface area contributed by atoms with Gasteiger partial charge in [-0.2, -0.15) is 0 Å². The first-order valence-electron chi connectivity index (χ1n) is 7.29. The van der Waals surface area contributed by atoms with Gasteiger partial charge in [0.1, 0.15) is 6.54 Å². The number of rotatable bonds is 4. The smallest absolute Gasteiger partial charge is 0.254 e. The van der Waals surface area contributed by atoms with E-state index in [0.29, 0.717) is 16.4 Å². The van der Waals surface area contributed by atoms with Gasteiger partial charge in [0.2, 0.25) is 5.91 Å². The number of halogens is 1. The Labute approximate surface area is 143 Å². The van der Waals surface area contributed by atoms with Crippen LogP contribution in [0.2, 0.25) is 5.02 Å². The standard InChI is InChI=1S/C18H14ClN3O2/c19-14-6-8-15(9-7-14)21-17(23)11-22-12-20-16(10-18(22)24)13-4-2-1-3-5-13/h1-10,12H,11H2,(H,21,23). The molecule has 0 saturated heterocycles. The number of hydrogen-bond acceptors (Lipinski definition) is 3. The first-order chi connectivity index (χ1) is 11.6. The Hall–Kier alpha value is -2.92. The van der Waals surface area contributed by atoms with Crippen molar-refractivity contribution in [2.45, 2.75) is 6.54 Å². The van der Waals surface area contributed by atoms with Crippen LogP contribution in [0.25, 0.3) is 11.3 Å². The van der Waals surface area contributed by atoms with E-state index in [9.17, 15) is 9.59 Å². The molecule has 3 aromatic rings. The van der Waals surface area contributed by atoms with Gasteiger partial charge in [-0.15, -0.1) is 0 Å². The van der Waals surface area contributed by atoms with Gasteiger partial charge in [0.15, 0.2) is 0 Å². The van der Waals surface area contributed by atoms with Gasteiger partial charge < -0.3 is 5.32 Å². The molecule has 0 unspecified atom stereocenters. The number of carbonyl (C=O) groups excluding carboxylic acids is 1. The number of nitrogens with one attached hydrogen (secondary N) is 1. The zero-order chi connectivity index (χ0) is 16.9. The highest BCUT2D eigenvalue weighted by Crippen LogP contribution is 2.14. The van der Waals surface area contributed by atoms with Crippen molar-refractivity contribution in [2.24, 2.45) is 0 Å². The minimum absolute atomic E-state index is 0.108. The maximum Gasteiger partial charge on any atom is 0.254 e. The molecule has 1 heterocycles. The molecule has 0 radical (unpaired) electrons. The van der Waals surface area contributed by atoms with Crippen LogP contribution in [0.5, 0.6) is 0 Å². The van der Waals surface area contributed by atoms with Crippen LogP contribution in [0.4, 0.5) is 5.69 Å². The molecular formula is C18H14ClN3O2. The molecule has 0 bridgehead atoms. The van der Waals surface area contributed by atoms with Gasteiger partial charge in [-0.3, -0.25) is 14.2 Å². The topological polar surface area (TPSA) is 64.0 Å². The Morgan fingerprint density at radius 3 is 2.46 bits per heavy atom. The number of carbonyl (C=O) groups is 1.